The number of pyridine rings is 1. The number of rotatable bonds is 5. The van der Waals surface area contributed by atoms with E-state index in [1.807, 2.05) is 19.1 Å². The summed E-state index contributed by atoms with van der Waals surface area (Å²) in [5, 5.41) is 9.46. The molecule has 2 aromatic heterocycles. The number of hydrogen-bond donors (Lipinski definition) is 0. The molecule has 4 nitrogen and oxygen atoms in total. The molecule has 18 heavy (non-hydrogen) atoms. The lowest BCUT2D eigenvalue weighted by Gasteiger charge is -2.06. The SMILES string of the molecule is C=C(C)CSc1nnc(-c2ccncc2)n1CC. The minimum atomic E-state index is 0.850. The Kier molecular flexibility index (Phi) is 4.15. The molecule has 0 aliphatic rings. The maximum Gasteiger partial charge on any atom is 0.191 e. The van der Waals surface area contributed by atoms with Gasteiger partial charge in [0.05, 0.1) is 0 Å². The highest BCUT2D eigenvalue weighted by atomic mass is 32.2. The van der Waals surface area contributed by atoms with Gasteiger partial charge in [-0.3, -0.25) is 4.98 Å². The van der Waals surface area contributed by atoms with Crippen molar-refractivity contribution in [3.8, 4) is 11.4 Å². The van der Waals surface area contributed by atoms with Crippen molar-refractivity contribution in [3.63, 3.8) is 0 Å². The van der Waals surface area contributed by atoms with Gasteiger partial charge in [0.2, 0.25) is 0 Å². The second-order valence-electron chi connectivity index (χ2n) is 4.03. The van der Waals surface area contributed by atoms with Gasteiger partial charge in [-0.15, -0.1) is 10.2 Å². The van der Waals surface area contributed by atoms with Gasteiger partial charge in [0.25, 0.3) is 0 Å². The molecule has 5 heteroatoms. The molecule has 0 spiro atoms. The van der Waals surface area contributed by atoms with Gasteiger partial charge in [-0.1, -0.05) is 23.9 Å². The maximum atomic E-state index is 4.27. The van der Waals surface area contributed by atoms with E-state index in [-0.39, 0.29) is 0 Å². The normalized spacial score (nSPS) is 10.6. The fourth-order valence-corrected chi connectivity index (χ4v) is 2.43. The fourth-order valence-electron chi connectivity index (χ4n) is 1.58. The van der Waals surface area contributed by atoms with Gasteiger partial charge in [0.15, 0.2) is 11.0 Å². The molecule has 0 atom stereocenters. The highest BCUT2D eigenvalue weighted by Gasteiger charge is 2.12. The molecule has 0 amide bonds. The Balaban J connectivity index is 2.30. The third-order valence-electron chi connectivity index (χ3n) is 2.42. The van der Waals surface area contributed by atoms with Crippen LogP contribution in [0.15, 0.2) is 41.8 Å². The monoisotopic (exact) mass is 260 g/mol. The molecule has 2 rings (SSSR count). The molecular weight excluding hydrogens is 244 g/mol. The van der Waals surface area contributed by atoms with Crippen molar-refractivity contribution in [2.45, 2.75) is 25.5 Å². The number of nitrogens with zero attached hydrogens (tertiary/aromatic N) is 4. The van der Waals surface area contributed by atoms with E-state index in [0.29, 0.717) is 0 Å². The number of hydrogen-bond acceptors (Lipinski definition) is 4. The first kappa shape index (κ1) is 12.8. The Morgan fingerprint density at radius 1 is 1.33 bits per heavy atom. The first-order valence-corrected chi connectivity index (χ1v) is 6.81. The fraction of sp³-hybridized carbons (Fsp3) is 0.308. The molecule has 0 aliphatic heterocycles. The molecule has 94 valence electrons. The second kappa shape index (κ2) is 5.82. The molecule has 0 saturated carbocycles. The van der Waals surface area contributed by atoms with Crippen molar-refractivity contribution in [2.75, 3.05) is 5.75 Å². The second-order valence-corrected chi connectivity index (χ2v) is 4.97. The highest BCUT2D eigenvalue weighted by Crippen LogP contribution is 2.24. The predicted molar refractivity (Wildman–Crippen MR) is 74.5 cm³/mol. The van der Waals surface area contributed by atoms with E-state index < -0.39 is 0 Å². The molecule has 0 fully saturated rings. The summed E-state index contributed by atoms with van der Waals surface area (Å²) in [6.07, 6.45) is 3.54. The average molecular weight is 260 g/mol. The molecular formula is C13H16N4S. The first-order chi connectivity index (χ1) is 8.72. The van der Waals surface area contributed by atoms with E-state index in [2.05, 4.69) is 33.3 Å². The summed E-state index contributed by atoms with van der Waals surface area (Å²) in [6.45, 7) is 8.87. The Morgan fingerprint density at radius 2 is 2.06 bits per heavy atom. The van der Waals surface area contributed by atoms with E-state index >= 15 is 0 Å². The summed E-state index contributed by atoms with van der Waals surface area (Å²) >= 11 is 1.67. The quantitative estimate of drug-likeness (QED) is 0.612. The molecule has 0 unspecified atom stereocenters. The van der Waals surface area contributed by atoms with Crippen molar-refractivity contribution in [2.24, 2.45) is 0 Å². The summed E-state index contributed by atoms with van der Waals surface area (Å²) in [5.41, 5.74) is 2.18. The van der Waals surface area contributed by atoms with Crippen LogP contribution in [0.1, 0.15) is 13.8 Å². The lowest BCUT2D eigenvalue weighted by molar-refractivity contribution is 0.687. The van der Waals surface area contributed by atoms with Crippen LogP contribution in [0.3, 0.4) is 0 Å². The summed E-state index contributed by atoms with van der Waals surface area (Å²) < 4.78 is 2.11. The van der Waals surface area contributed by atoms with Crippen molar-refractivity contribution < 1.29 is 0 Å². The van der Waals surface area contributed by atoms with Crippen LogP contribution in [0.2, 0.25) is 0 Å². The summed E-state index contributed by atoms with van der Waals surface area (Å²) in [7, 11) is 0. The van der Waals surface area contributed by atoms with Gasteiger partial charge in [-0.05, 0) is 26.0 Å². The predicted octanol–water partition coefficient (Wildman–Crippen LogP) is 3.03. The minimum Gasteiger partial charge on any atom is -0.302 e. The molecule has 2 aromatic rings. The van der Waals surface area contributed by atoms with Crippen molar-refractivity contribution in [1.82, 2.24) is 19.7 Å². The zero-order valence-corrected chi connectivity index (χ0v) is 11.4. The van der Waals surface area contributed by atoms with Gasteiger partial charge in [0, 0.05) is 30.3 Å². The van der Waals surface area contributed by atoms with Gasteiger partial charge in [0.1, 0.15) is 0 Å². The largest absolute Gasteiger partial charge is 0.302 e. The maximum absolute atomic E-state index is 4.27. The van der Waals surface area contributed by atoms with Crippen LogP contribution in [-0.4, -0.2) is 25.5 Å². The number of thioether (sulfide) groups is 1. The minimum absolute atomic E-state index is 0.850. The summed E-state index contributed by atoms with van der Waals surface area (Å²) in [6, 6.07) is 3.90. The van der Waals surface area contributed by atoms with Crippen molar-refractivity contribution in [1.29, 1.82) is 0 Å². The lowest BCUT2D eigenvalue weighted by atomic mass is 10.2. The Bertz CT molecular complexity index is 533. The highest BCUT2D eigenvalue weighted by molar-refractivity contribution is 7.99. The van der Waals surface area contributed by atoms with Crippen LogP contribution >= 0.6 is 11.8 Å². The molecule has 0 aromatic carbocycles. The average Bonchev–Trinajstić information content (AvgIpc) is 2.80. The topological polar surface area (TPSA) is 43.6 Å². The van der Waals surface area contributed by atoms with Crippen LogP contribution in [-0.2, 0) is 6.54 Å². The van der Waals surface area contributed by atoms with Crippen LogP contribution in [0, 0.1) is 0 Å². The van der Waals surface area contributed by atoms with Crippen LogP contribution in [0.4, 0.5) is 0 Å². The third kappa shape index (κ3) is 2.79. The van der Waals surface area contributed by atoms with Gasteiger partial charge >= 0.3 is 0 Å². The molecule has 0 bridgehead atoms. The Morgan fingerprint density at radius 3 is 2.67 bits per heavy atom. The molecule has 0 aliphatic carbocycles. The van der Waals surface area contributed by atoms with Gasteiger partial charge < -0.3 is 4.57 Å². The zero-order valence-electron chi connectivity index (χ0n) is 10.6. The van der Waals surface area contributed by atoms with E-state index in [1.54, 1.807) is 24.2 Å². The summed E-state index contributed by atoms with van der Waals surface area (Å²) in [5.74, 6) is 1.76. The molecule has 0 saturated heterocycles. The third-order valence-corrected chi connectivity index (χ3v) is 3.62. The van der Waals surface area contributed by atoms with E-state index in [9.17, 15) is 0 Å². The first-order valence-electron chi connectivity index (χ1n) is 5.83. The summed E-state index contributed by atoms with van der Waals surface area (Å²) in [4.78, 5) is 4.02. The number of aromatic nitrogens is 4. The van der Waals surface area contributed by atoms with Gasteiger partial charge in [-0.25, -0.2) is 0 Å². The molecule has 0 radical (unpaired) electrons. The van der Waals surface area contributed by atoms with Gasteiger partial charge in [-0.2, -0.15) is 0 Å². The zero-order chi connectivity index (χ0) is 13.0. The van der Waals surface area contributed by atoms with Crippen molar-refractivity contribution in [3.05, 3.63) is 36.7 Å². The smallest absolute Gasteiger partial charge is 0.191 e. The van der Waals surface area contributed by atoms with E-state index in [0.717, 1.165) is 34.4 Å². The van der Waals surface area contributed by atoms with Crippen molar-refractivity contribution >= 4 is 11.8 Å². The molecule has 2 heterocycles. The Hall–Kier alpha value is -1.62. The standard InChI is InChI=1S/C13H16N4S/c1-4-17-12(11-5-7-14-8-6-11)15-16-13(17)18-9-10(2)3/h5-8H,2,4,9H2,1,3H3. The van der Waals surface area contributed by atoms with E-state index in [4.69, 9.17) is 0 Å². The van der Waals surface area contributed by atoms with Crippen LogP contribution in [0.25, 0.3) is 11.4 Å². The lowest BCUT2D eigenvalue weighted by Crippen LogP contribution is -2.00. The Labute approximate surface area is 111 Å². The molecule has 0 N–H and O–H groups in total. The van der Waals surface area contributed by atoms with Crippen LogP contribution < -0.4 is 0 Å². The van der Waals surface area contributed by atoms with E-state index in [1.165, 1.54) is 0 Å². The van der Waals surface area contributed by atoms with Crippen LogP contribution in [0.5, 0.6) is 0 Å².